The molecule has 0 amide bonds. The zero-order valence-electron chi connectivity index (χ0n) is 14.3. The van der Waals surface area contributed by atoms with Crippen molar-refractivity contribution in [1.82, 2.24) is 0 Å². The highest BCUT2D eigenvalue weighted by molar-refractivity contribution is 6.00. The number of rotatable bonds is 7. The number of carbonyl (C=O) groups excluding carboxylic acids is 2. The molecule has 0 heterocycles. The molecule has 2 rings (SSSR count). The summed E-state index contributed by atoms with van der Waals surface area (Å²) < 4.78 is 5.61. The molecule has 23 heavy (non-hydrogen) atoms. The molecule has 1 saturated carbocycles. The lowest BCUT2D eigenvalue weighted by Gasteiger charge is -2.13. The van der Waals surface area contributed by atoms with E-state index >= 15 is 0 Å². The maximum Gasteiger partial charge on any atom is 0.310 e. The number of oxime groups is 1. The molecular formula is C18H25NO4. The van der Waals surface area contributed by atoms with Gasteiger partial charge < -0.3 is 9.57 Å². The van der Waals surface area contributed by atoms with E-state index in [4.69, 9.17) is 9.57 Å². The van der Waals surface area contributed by atoms with Gasteiger partial charge in [0.25, 0.3) is 0 Å². The fourth-order valence-electron chi connectivity index (χ4n) is 3.21. The van der Waals surface area contributed by atoms with E-state index < -0.39 is 6.10 Å². The Balaban J connectivity index is 2.00. The van der Waals surface area contributed by atoms with Crippen molar-refractivity contribution >= 4 is 18.0 Å². The van der Waals surface area contributed by atoms with Gasteiger partial charge in [0.2, 0.25) is 0 Å². The Hall–Kier alpha value is -1.91. The molecule has 0 radical (unpaired) electrons. The van der Waals surface area contributed by atoms with Crippen LogP contribution in [0, 0.1) is 17.3 Å². The highest BCUT2D eigenvalue weighted by Crippen LogP contribution is 2.58. The van der Waals surface area contributed by atoms with Gasteiger partial charge in [-0.05, 0) is 31.3 Å². The lowest BCUT2D eigenvalue weighted by molar-refractivity contribution is -0.150. The van der Waals surface area contributed by atoms with Gasteiger partial charge in [-0.1, -0.05) is 25.1 Å². The summed E-state index contributed by atoms with van der Waals surface area (Å²) in [4.78, 5) is 29.4. The molecule has 5 nitrogen and oxygen atoms in total. The standard InChI is InChI=1S/C18H25NO4/c1-6-8-12-11(3)15(9-14(12)20)23-17(21)16-13(18(16,4)5)10-19-22-7-2/h6,10,13,15-16H,1,7-9H2,2-5H3/b19-10-/t13-,15+,16+/m1/s1. The Kier molecular flexibility index (Phi) is 5.07. The highest BCUT2D eigenvalue weighted by atomic mass is 16.6. The van der Waals surface area contributed by atoms with Crippen molar-refractivity contribution in [2.24, 2.45) is 22.4 Å². The van der Waals surface area contributed by atoms with Crippen LogP contribution in [-0.4, -0.2) is 30.7 Å². The Morgan fingerprint density at radius 3 is 2.78 bits per heavy atom. The monoisotopic (exact) mass is 319 g/mol. The summed E-state index contributed by atoms with van der Waals surface area (Å²) in [5.74, 6) is -0.446. The molecule has 0 aromatic carbocycles. The number of Topliss-reactive ketones (excluding diaryl/α,β-unsaturated/α-hetero) is 1. The molecule has 2 aliphatic rings. The first-order chi connectivity index (χ1) is 10.8. The van der Waals surface area contributed by atoms with Crippen molar-refractivity contribution in [3.63, 3.8) is 0 Å². The fourth-order valence-corrected chi connectivity index (χ4v) is 3.21. The van der Waals surface area contributed by atoms with E-state index in [1.165, 1.54) is 0 Å². The van der Waals surface area contributed by atoms with Gasteiger partial charge in [0.05, 0.1) is 12.3 Å². The summed E-state index contributed by atoms with van der Waals surface area (Å²) in [6.07, 6.45) is 3.71. The molecule has 0 saturated heterocycles. The molecule has 0 aromatic heterocycles. The number of hydrogen-bond acceptors (Lipinski definition) is 5. The second-order valence-corrected chi connectivity index (χ2v) is 6.70. The Labute approximate surface area is 137 Å². The molecule has 0 spiro atoms. The third kappa shape index (κ3) is 3.38. The van der Waals surface area contributed by atoms with E-state index in [-0.39, 0.29) is 35.4 Å². The predicted octanol–water partition coefficient (Wildman–Crippen LogP) is 3.06. The lowest BCUT2D eigenvalue weighted by atomic mass is 10.1. The average Bonchev–Trinajstić information content (AvgIpc) is 2.94. The molecule has 0 unspecified atom stereocenters. The van der Waals surface area contributed by atoms with Crippen LogP contribution in [0.2, 0.25) is 0 Å². The van der Waals surface area contributed by atoms with E-state index in [0.29, 0.717) is 13.0 Å². The molecule has 0 bridgehead atoms. The fraction of sp³-hybridized carbons (Fsp3) is 0.611. The molecule has 3 atom stereocenters. The number of allylic oxidation sites excluding steroid dienone is 2. The summed E-state index contributed by atoms with van der Waals surface area (Å²) in [6.45, 7) is 11.9. The quantitative estimate of drug-likeness (QED) is 0.313. The lowest BCUT2D eigenvalue weighted by Crippen LogP contribution is -2.20. The van der Waals surface area contributed by atoms with Crippen LogP contribution in [0.1, 0.15) is 40.5 Å². The first kappa shape index (κ1) is 17.4. The topological polar surface area (TPSA) is 65.0 Å². The van der Waals surface area contributed by atoms with Crippen LogP contribution in [0.3, 0.4) is 0 Å². The highest BCUT2D eigenvalue weighted by Gasteiger charge is 2.62. The van der Waals surface area contributed by atoms with Crippen LogP contribution in [0.15, 0.2) is 29.0 Å². The van der Waals surface area contributed by atoms with Gasteiger partial charge in [-0.3, -0.25) is 9.59 Å². The van der Waals surface area contributed by atoms with Crippen LogP contribution in [-0.2, 0) is 19.2 Å². The zero-order valence-corrected chi connectivity index (χ0v) is 14.3. The van der Waals surface area contributed by atoms with E-state index in [1.54, 1.807) is 12.3 Å². The van der Waals surface area contributed by atoms with Crippen molar-refractivity contribution in [1.29, 1.82) is 0 Å². The number of nitrogens with zero attached hydrogens (tertiary/aromatic N) is 1. The largest absolute Gasteiger partial charge is 0.457 e. The van der Waals surface area contributed by atoms with Crippen molar-refractivity contribution in [2.75, 3.05) is 6.61 Å². The van der Waals surface area contributed by atoms with Gasteiger partial charge >= 0.3 is 5.97 Å². The minimum atomic E-state index is -0.439. The summed E-state index contributed by atoms with van der Waals surface area (Å²) in [5, 5.41) is 3.87. The third-order valence-electron chi connectivity index (χ3n) is 4.86. The van der Waals surface area contributed by atoms with Crippen LogP contribution >= 0.6 is 0 Å². The van der Waals surface area contributed by atoms with Crippen LogP contribution in [0.5, 0.6) is 0 Å². The van der Waals surface area contributed by atoms with Gasteiger partial charge in [0, 0.05) is 17.7 Å². The normalized spacial score (nSPS) is 29.0. The number of ether oxygens (including phenoxy) is 1. The van der Waals surface area contributed by atoms with Gasteiger partial charge in [-0.15, -0.1) is 6.58 Å². The van der Waals surface area contributed by atoms with Crippen molar-refractivity contribution in [3.8, 4) is 0 Å². The van der Waals surface area contributed by atoms with Crippen LogP contribution in [0.4, 0.5) is 0 Å². The Bertz CT molecular complexity index is 574. The van der Waals surface area contributed by atoms with Crippen LogP contribution < -0.4 is 0 Å². The van der Waals surface area contributed by atoms with Crippen molar-refractivity contribution in [2.45, 2.75) is 46.6 Å². The number of esters is 1. The maximum atomic E-state index is 12.5. The minimum absolute atomic E-state index is 0.00980. The summed E-state index contributed by atoms with van der Waals surface area (Å²) >= 11 is 0. The van der Waals surface area contributed by atoms with E-state index in [9.17, 15) is 9.59 Å². The molecular weight excluding hydrogens is 294 g/mol. The molecule has 2 aliphatic carbocycles. The second kappa shape index (κ2) is 6.69. The number of ketones is 1. The van der Waals surface area contributed by atoms with Gasteiger partial charge in [-0.25, -0.2) is 0 Å². The average molecular weight is 319 g/mol. The summed E-state index contributed by atoms with van der Waals surface area (Å²) in [6, 6.07) is 0. The Morgan fingerprint density at radius 1 is 1.48 bits per heavy atom. The molecule has 0 aliphatic heterocycles. The summed E-state index contributed by atoms with van der Waals surface area (Å²) in [5.41, 5.74) is 1.38. The van der Waals surface area contributed by atoms with Gasteiger partial charge in [0.1, 0.15) is 12.7 Å². The van der Waals surface area contributed by atoms with E-state index in [0.717, 1.165) is 11.1 Å². The first-order valence-electron chi connectivity index (χ1n) is 8.04. The molecule has 1 fully saturated rings. The molecule has 5 heteroatoms. The third-order valence-corrected chi connectivity index (χ3v) is 4.86. The minimum Gasteiger partial charge on any atom is -0.457 e. The number of carbonyl (C=O) groups is 2. The second-order valence-electron chi connectivity index (χ2n) is 6.70. The van der Waals surface area contributed by atoms with Gasteiger partial charge in [-0.2, -0.15) is 0 Å². The van der Waals surface area contributed by atoms with Crippen molar-refractivity contribution in [3.05, 3.63) is 23.8 Å². The van der Waals surface area contributed by atoms with E-state index in [2.05, 4.69) is 11.7 Å². The number of hydrogen-bond donors (Lipinski definition) is 0. The summed E-state index contributed by atoms with van der Waals surface area (Å²) in [7, 11) is 0. The van der Waals surface area contributed by atoms with E-state index in [1.807, 2.05) is 27.7 Å². The first-order valence-corrected chi connectivity index (χ1v) is 8.04. The molecule has 0 aromatic rings. The SMILES string of the molecule is C=CCC1=C(C)[C@@H](OC(=O)[C@@H]2[C@@H](/C=N\OCC)C2(C)C)CC1=O. The maximum absolute atomic E-state index is 12.5. The van der Waals surface area contributed by atoms with Crippen molar-refractivity contribution < 1.29 is 19.2 Å². The zero-order chi connectivity index (χ0) is 17.2. The molecule has 0 N–H and O–H groups in total. The van der Waals surface area contributed by atoms with Gasteiger partial charge in [0.15, 0.2) is 5.78 Å². The van der Waals surface area contributed by atoms with Crippen LogP contribution in [0.25, 0.3) is 0 Å². The molecule has 126 valence electrons. The predicted molar refractivity (Wildman–Crippen MR) is 87.9 cm³/mol. The Morgan fingerprint density at radius 2 is 2.17 bits per heavy atom. The smallest absolute Gasteiger partial charge is 0.310 e.